The quantitative estimate of drug-likeness (QED) is 0.200. The summed E-state index contributed by atoms with van der Waals surface area (Å²) in [5, 5.41) is 0. The summed E-state index contributed by atoms with van der Waals surface area (Å²) >= 11 is 0. The molecule has 0 radical (unpaired) electrons. The summed E-state index contributed by atoms with van der Waals surface area (Å²) in [5.74, 6) is 0.905. The predicted octanol–water partition coefficient (Wildman–Crippen LogP) is 5.22. The van der Waals surface area contributed by atoms with Crippen LogP contribution in [-0.2, 0) is 0 Å². The molecule has 3 rings (SSSR count). The molecule has 0 spiro atoms. The number of ketones is 1. The lowest BCUT2D eigenvalue weighted by atomic mass is 10.1. The molecule has 32 heavy (non-hydrogen) atoms. The average Bonchev–Trinajstić information content (AvgIpc) is 2.83. The van der Waals surface area contributed by atoms with Gasteiger partial charge in [-0.25, -0.2) is 4.79 Å². The summed E-state index contributed by atoms with van der Waals surface area (Å²) in [6.07, 6.45) is 3.20. The fourth-order valence-corrected chi connectivity index (χ4v) is 3.06. The minimum Gasteiger partial charge on any atom is -0.496 e. The third kappa shape index (κ3) is 5.35. The molecule has 0 saturated heterocycles. The normalized spacial score (nSPS) is 10.6. The molecule has 0 unspecified atom stereocenters. The first-order chi connectivity index (χ1) is 15.6. The maximum Gasteiger partial charge on any atom is 0.351 e. The van der Waals surface area contributed by atoms with Gasteiger partial charge in [-0.3, -0.25) is 4.79 Å². The molecule has 6 heteroatoms. The van der Waals surface area contributed by atoms with Crippen molar-refractivity contribution in [3.05, 3.63) is 89.5 Å². The van der Waals surface area contributed by atoms with Crippen molar-refractivity contribution >= 4 is 17.8 Å². The first-order valence-electron chi connectivity index (χ1n) is 10.0. The molecule has 3 aromatic rings. The van der Waals surface area contributed by atoms with Crippen LogP contribution in [0.4, 0.5) is 0 Å². The molecule has 164 valence electrons. The highest BCUT2D eigenvalue weighted by molar-refractivity contribution is 6.07. The number of esters is 1. The number of methoxy groups -OCH3 is 2. The molecule has 0 saturated carbocycles. The van der Waals surface area contributed by atoms with E-state index in [9.17, 15) is 9.59 Å². The van der Waals surface area contributed by atoms with Gasteiger partial charge in [0, 0.05) is 11.1 Å². The van der Waals surface area contributed by atoms with Gasteiger partial charge < -0.3 is 18.9 Å². The van der Waals surface area contributed by atoms with Crippen LogP contribution in [0, 0.1) is 0 Å². The van der Waals surface area contributed by atoms with Crippen LogP contribution in [0.3, 0.4) is 0 Å². The van der Waals surface area contributed by atoms with Gasteiger partial charge in [-0.05, 0) is 61.5 Å². The third-order valence-corrected chi connectivity index (χ3v) is 4.61. The second-order valence-corrected chi connectivity index (χ2v) is 6.62. The lowest BCUT2D eigenvalue weighted by Crippen LogP contribution is -2.12. The predicted molar refractivity (Wildman–Crippen MR) is 122 cm³/mol. The number of allylic oxidation sites excluding steroid dienone is 1. The van der Waals surface area contributed by atoms with Gasteiger partial charge in [-0.2, -0.15) is 0 Å². The van der Waals surface area contributed by atoms with Gasteiger partial charge in [-0.15, -0.1) is 0 Å². The van der Waals surface area contributed by atoms with Gasteiger partial charge in [0.2, 0.25) is 0 Å². The SMILES string of the molecule is CCOc1ccccc1/C=C/C(=O)c1ccc(OC(=O)c2c(OC)cccc2OC)cc1. The maximum absolute atomic E-state index is 12.7. The summed E-state index contributed by atoms with van der Waals surface area (Å²) < 4.78 is 21.5. The summed E-state index contributed by atoms with van der Waals surface area (Å²) in [6, 6.07) is 18.8. The average molecular weight is 432 g/mol. The third-order valence-electron chi connectivity index (χ3n) is 4.61. The highest BCUT2D eigenvalue weighted by Crippen LogP contribution is 2.29. The highest BCUT2D eigenvalue weighted by Gasteiger charge is 2.20. The Morgan fingerprint density at radius 2 is 1.44 bits per heavy atom. The van der Waals surface area contributed by atoms with Gasteiger partial charge in [0.1, 0.15) is 28.6 Å². The van der Waals surface area contributed by atoms with E-state index in [4.69, 9.17) is 18.9 Å². The first-order valence-corrected chi connectivity index (χ1v) is 10.0. The molecular formula is C26H24O6. The Bertz CT molecular complexity index is 1090. The summed E-state index contributed by atoms with van der Waals surface area (Å²) in [7, 11) is 2.93. The van der Waals surface area contributed by atoms with E-state index >= 15 is 0 Å². The number of rotatable bonds is 9. The molecule has 0 atom stereocenters. The van der Waals surface area contributed by atoms with Gasteiger partial charge in [0.15, 0.2) is 5.78 Å². The van der Waals surface area contributed by atoms with Crippen LogP contribution in [0.25, 0.3) is 6.08 Å². The molecule has 6 nitrogen and oxygen atoms in total. The molecular weight excluding hydrogens is 408 g/mol. The van der Waals surface area contributed by atoms with Gasteiger partial charge >= 0.3 is 5.97 Å². The minimum atomic E-state index is -0.620. The number of benzene rings is 3. The molecule has 0 aliphatic carbocycles. The number of hydrogen-bond acceptors (Lipinski definition) is 6. The maximum atomic E-state index is 12.7. The molecule has 0 amide bonds. The summed E-state index contributed by atoms with van der Waals surface area (Å²) in [6.45, 7) is 2.45. The lowest BCUT2D eigenvalue weighted by molar-refractivity contribution is 0.0727. The van der Waals surface area contributed by atoms with Crippen molar-refractivity contribution < 1.29 is 28.5 Å². The van der Waals surface area contributed by atoms with Crippen molar-refractivity contribution in [2.45, 2.75) is 6.92 Å². The first kappa shape index (κ1) is 22.6. The van der Waals surface area contributed by atoms with Crippen LogP contribution in [0.15, 0.2) is 72.8 Å². The Morgan fingerprint density at radius 3 is 2.06 bits per heavy atom. The highest BCUT2D eigenvalue weighted by atomic mass is 16.5. The van der Waals surface area contributed by atoms with E-state index in [1.54, 1.807) is 48.5 Å². The molecule has 3 aromatic carbocycles. The van der Waals surface area contributed by atoms with Crippen molar-refractivity contribution in [2.24, 2.45) is 0 Å². The van der Waals surface area contributed by atoms with E-state index in [0.29, 0.717) is 35.2 Å². The van der Waals surface area contributed by atoms with Crippen molar-refractivity contribution in [2.75, 3.05) is 20.8 Å². The number of ether oxygens (including phenoxy) is 4. The smallest absolute Gasteiger partial charge is 0.351 e. The van der Waals surface area contributed by atoms with Crippen LogP contribution < -0.4 is 18.9 Å². The van der Waals surface area contributed by atoms with E-state index < -0.39 is 5.97 Å². The van der Waals surface area contributed by atoms with Gasteiger partial charge in [0.25, 0.3) is 0 Å². The Hall–Kier alpha value is -4.06. The number of carbonyl (C=O) groups is 2. The van der Waals surface area contributed by atoms with Crippen LogP contribution >= 0.6 is 0 Å². The zero-order chi connectivity index (χ0) is 22.9. The van der Waals surface area contributed by atoms with Crippen LogP contribution in [0.5, 0.6) is 23.0 Å². The molecule has 0 aliphatic heterocycles. The molecule has 0 N–H and O–H groups in total. The van der Waals surface area contributed by atoms with Crippen molar-refractivity contribution in [3.8, 4) is 23.0 Å². The van der Waals surface area contributed by atoms with Crippen LogP contribution in [-0.4, -0.2) is 32.6 Å². The zero-order valence-electron chi connectivity index (χ0n) is 18.2. The monoisotopic (exact) mass is 432 g/mol. The lowest BCUT2D eigenvalue weighted by Gasteiger charge is -2.12. The molecule has 0 heterocycles. The molecule has 0 aliphatic rings. The number of carbonyl (C=O) groups excluding carboxylic acids is 2. The zero-order valence-corrected chi connectivity index (χ0v) is 18.2. The van der Waals surface area contributed by atoms with Crippen LogP contribution in [0.1, 0.15) is 33.2 Å². The van der Waals surface area contributed by atoms with Gasteiger partial charge in [0.05, 0.1) is 20.8 Å². The number of para-hydroxylation sites is 1. The Balaban J connectivity index is 1.72. The van der Waals surface area contributed by atoms with Crippen molar-refractivity contribution in [1.29, 1.82) is 0 Å². The second kappa shape index (κ2) is 10.8. The largest absolute Gasteiger partial charge is 0.496 e. The minimum absolute atomic E-state index is 0.180. The topological polar surface area (TPSA) is 71.1 Å². The molecule has 0 fully saturated rings. The summed E-state index contributed by atoms with van der Waals surface area (Å²) in [5.41, 5.74) is 1.47. The van der Waals surface area contributed by atoms with Crippen LogP contribution in [0.2, 0.25) is 0 Å². The van der Waals surface area contributed by atoms with Crippen molar-refractivity contribution in [1.82, 2.24) is 0 Å². The Labute approximate surface area is 187 Å². The molecule has 0 aromatic heterocycles. The number of hydrogen-bond donors (Lipinski definition) is 0. The van der Waals surface area contributed by atoms with E-state index in [1.165, 1.54) is 20.3 Å². The Morgan fingerprint density at radius 1 is 0.812 bits per heavy atom. The fourth-order valence-electron chi connectivity index (χ4n) is 3.06. The Kier molecular flexibility index (Phi) is 7.65. The molecule has 0 bridgehead atoms. The van der Waals surface area contributed by atoms with E-state index in [2.05, 4.69) is 0 Å². The van der Waals surface area contributed by atoms with E-state index in [0.717, 1.165) is 5.56 Å². The van der Waals surface area contributed by atoms with E-state index in [1.807, 2.05) is 31.2 Å². The fraction of sp³-hybridized carbons (Fsp3) is 0.154. The van der Waals surface area contributed by atoms with E-state index in [-0.39, 0.29) is 11.3 Å². The standard InChI is InChI=1S/C26H24O6/c1-4-31-22-9-6-5-8-19(22)14-17-21(27)18-12-15-20(16-13-18)32-26(28)25-23(29-2)10-7-11-24(25)30-3/h5-17H,4H2,1-3H3/b17-14+. The summed E-state index contributed by atoms with van der Waals surface area (Å²) in [4.78, 5) is 25.2. The second-order valence-electron chi connectivity index (χ2n) is 6.62. The van der Waals surface area contributed by atoms with Crippen molar-refractivity contribution in [3.63, 3.8) is 0 Å². The van der Waals surface area contributed by atoms with Gasteiger partial charge in [-0.1, -0.05) is 24.3 Å².